The average molecular weight is 219 g/mol. The third kappa shape index (κ3) is 2.61. The van der Waals surface area contributed by atoms with E-state index in [4.69, 9.17) is 0 Å². The molecule has 0 atom stereocenters. The Hall–Kier alpha value is -1.35. The van der Waals surface area contributed by atoms with E-state index in [0.717, 1.165) is 12.8 Å². The quantitative estimate of drug-likeness (QED) is 0.776. The molecule has 0 spiro atoms. The molecule has 3 heteroatoms. The molecule has 16 heavy (non-hydrogen) atoms. The number of carbonyl (C=O) groups excluding carboxylic acids is 1. The molecule has 0 fully saturated rings. The predicted octanol–water partition coefficient (Wildman–Crippen LogP) is 1.31. The predicted molar refractivity (Wildman–Crippen MR) is 62.3 cm³/mol. The number of benzene rings is 1. The van der Waals surface area contributed by atoms with Crippen LogP contribution in [0.1, 0.15) is 17.5 Å². The van der Waals surface area contributed by atoms with Crippen molar-refractivity contribution in [2.45, 2.75) is 25.3 Å². The van der Waals surface area contributed by atoms with Gasteiger partial charge in [0.25, 0.3) is 0 Å². The van der Waals surface area contributed by atoms with Gasteiger partial charge in [-0.15, -0.1) is 0 Å². The fraction of sp³-hybridized carbons (Fsp3) is 0.462. The molecule has 0 aromatic heterocycles. The van der Waals surface area contributed by atoms with Gasteiger partial charge in [0.1, 0.15) is 0 Å². The number of nitrogens with one attached hydrogen (secondary N) is 1. The number of hydrogen-bond donors (Lipinski definition) is 1. The minimum Gasteiger partial charge on any atom is -0.469 e. The van der Waals surface area contributed by atoms with Crippen molar-refractivity contribution in [1.82, 2.24) is 5.32 Å². The highest BCUT2D eigenvalue weighted by Gasteiger charge is 2.20. The normalized spacial score (nSPS) is 14.8. The van der Waals surface area contributed by atoms with Crippen molar-refractivity contribution in [3.05, 3.63) is 35.4 Å². The molecule has 1 N–H and O–H groups in total. The number of carbonyl (C=O) groups is 1. The number of esters is 1. The van der Waals surface area contributed by atoms with Crippen LogP contribution < -0.4 is 5.32 Å². The summed E-state index contributed by atoms with van der Waals surface area (Å²) >= 11 is 0. The first-order valence-corrected chi connectivity index (χ1v) is 5.66. The van der Waals surface area contributed by atoms with Gasteiger partial charge in [-0.25, -0.2) is 0 Å². The van der Waals surface area contributed by atoms with E-state index in [1.54, 1.807) is 0 Å². The van der Waals surface area contributed by atoms with Crippen LogP contribution in [0.5, 0.6) is 0 Å². The van der Waals surface area contributed by atoms with Gasteiger partial charge in [-0.1, -0.05) is 24.3 Å². The molecule has 1 aliphatic rings. The van der Waals surface area contributed by atoms with Gasteiger partial charge in [0, 0.05) is 12.6 Å². The van der Waals surface area contributed by atoms with Crippen molar-refractivity contribution < 1.29 is 9.53 Å². The molecule has 0 saturated heterocycles. The molecule has 0 saturated carbocycles. The number of ether oxygens (including phenoxy) is 1. The Morgan fingerprint density at radius 1 is 1.38 bits per heavy atom. The SMILES string of the molecule is COC(=O)CCNC1Cc2ccccc2C1. The van der Waals surface area contributed by atoms with Crippen molar-refractivity contribution in [2.75, 3.05) is 13.7 Å². The molecule has 1 aliphatic carbocycles. The monoisotopic (exact) mass is 219 g/mol. The summed E-state index contributed by atoms with van der Waals surface area (Å²) in [7, 11) is 1.42. The summed E-state index contributed by atoms with van der Waals surface area (Å²) in [5, 5.41) is 3.39. The highest BCUT2D eigenvalue weighted by molar-refractivity contribution is 5.69. The van der Waals surface area contributed by atoms with Gasteiger partial charge >= 0.3 is 5.97 Å². The van der Waals surface area contributed by atoms with E-state index in [1.807, 2.05) is 0 Å². The Morgan fingerprint density at radius 3 is 2.56 bits per heavy atom. The van der Waals surface area contributed by atoms with E-state index in [-0.39, 0.29) is 5.97 Å². The summed E-state index contributed by atoms with van der Waals surface area (Å²) in [4.78, 5) is 10.9. The van der Waals surface area contributed by atoms with Crippen LogP contribution >= 0.6 is 0 Å². The third-order valence-corrected chi connectivity index (χ3v) is 3.04. The first-order chi connectivity index (χ1) is 7.79. The highest BCUT2D eigenvalue weighted by Crippen LogP contribution is 2.21. The zero-order valence-electron chi connectivity index (χ0n) is 9.53. The topological polar surface area (TPSA) is 38.3 Å². The highest BCUT2D eigenvalue weighted by atomic mass is 16.5. The zero-order chi connectivity index (χ0) is 11.4. The number of methoxy groups -OCH3 is 1. The molecule has 0 radical (unpaired) electrons. The average Bonchev–Trinajstić information content (AvgIpc) is 2.71. The molecule has 0 bridgehead atoms. The van der Waals surface area contributed by atoms with Crippen LogP contribution in [0.4, 0.5) is 0 Å². The lowest BCUT2D eigenvalue weighted by molar-refractivity contribution is -0.140. The Kier molecular flexibility index (Phi) is 3.57. The lowest BCUT2D eigenvalue weighted by Crippen LogP contribution is -2.31. The molecule has 3 nitrogen and oxygen atoms in total. The second-order valence-electron chi connectivity index (χ2n) is 4.15. The van der Waals surface area contributed by atoms with E-state index in [9.17, 15) is 4.79 Å². The summed E-state index contributed by atoms with van der Waals surface area (Å²) in [5.41, 5.74) is 2.86. The Balaban J connectivity index is 1.77. The maximum atomic E-state index is 10.9. The Bertz CT molecular complexity index is 351. The summed E-state index contributed by atoms with van der Waals surface area (Å²) in [6, 6.07) is 8.99. The molecule has 0 aliphatic heterocycles. The van der Waals surface area contributed by atoms with Crippen molar-refractivity contribution >= 4 is 5.97 Å². The fourth-order valence-corrected chi connectivity index (χ4v) is 2.18. The van der Waals surface area contributed by atoms with Crippen LogP contribution in [-0.2, 0) is 22.4 Å². The number of rotatable bonds is 4. The van der Waals surface area contributed by atoms with Gasteiger partial charge in [-0.05, 0) is 24.0 Å². The summed E-state index contributed by atoms with van der Waals surface area (Å²) in [5.74, 6) is -0.150. The zero-order valence-corrected chi connectivity index (χ0v) is 9.53. The van der Waals surface area contributed by atoms with Crippen molar-refractivity contribution in [1.29, 1.82) is 0 Å². The van der Waals surface area contributed by atoms with E-state index in [0.29, 0.717) is 19.0 Å². The van der Waals surface area contributed by atoms with Gasteiger partial charge in [0.05, 0.1) is 13.5 Å². The number of hydrogen-bond acceptors (Lipinski definition) is 3. The van der Waals surface area contributed by atoms with E-state index >= 15 is 0 Å². The smallest absolute Gasteiger partial charge is 0.306 e. The lowest BCUT2D eigenvalue weighted by Gasteiger charge is -2.10. The summed E-state index contributed by atoms with van der Waals surface area (Å²) in [6.45, 7) is 0.700. The van der Waals surface area contributed by atoms with Gasteiger partial charge in [-0.3, -0.25) is 4.79 Å². The van der Waals surface area contributed by atoms with Crippen LogP contribution in [0.25, 0.3) is 0 Å². The van der Waals surface area contributed by atoms with Crippen LogP contribution in [0.2, 0.25) is 0 Å². The third-order valence-electron chi connectivity index (χ3n) is 3.04. The van der Waals surface area contributed by atoms with E-state index in [1.165, 1.54) is 18.2 Å². The summed E-state index contributed by atoms with van der Waals surface area (Å²) < 4.78 is 4.60. The largest absolute Gasteiger partial charge is 0.469 e. The second kappa shape index (κ2) is 5.12. The number of fused-ring (bicyclic) bond motifs is 1. The van der Waals surface area contributed by atoms with Crippen molar-refractivity contribution in [3.8, 4) is 0 Å². The van der Waals surface area contributed by atoms with E-state index < -0.39 is 0 Å². The molecule has 0 amide bonds. The minimum absolute atomic E-state index is 0.150. The fourth-order valence-electron chi connectivity index (χ4n) is 2.18. The standard InChI is InChI=1S/C13H17NO2/c1-16-13(15)6-7-14-12-8-10-4-2-3-5-11(10)9-12/h2-5,12,14H,6-9H2,1H3. The molecule has 0 heterocycles. The molecule has 0 unspecified atom stereocenters. The van der Waals surface area contributed by atoms with Crippen LogP contribution in [0.3, 0.4) is 0 Å². The van der Waals surface area contributed by atoms with Crippen LogP contribution in [-0.4, -0.2) is 25.7 Å². The second-order valence-corrected chi connectivity index (χ2v) is 4.15. The van der Waals surface area contributed by atoms with Gasteiger partial charge in [-0.2, -0.15) is 0 Å². The molecular weight excluding hydrogens is 202 g/mol. The first kappa shape index (κ1) is 11.1. The van der Waals surface area contributed by atoms with Crippen molar-refractivity contribution in [2.24, 2.45) is 0 Å². The first-order valence-electron chi connectivity index (χ1n) is 5.66. The van der Waals surface area contributed by atoms with Crippen LogP contribution in [0.15, 0.2) is 24.3 Å². The Labute approximate surface area is 95.8 Å². The van der Waals surface area contributed by atoms with Gasteiger partial charge in [0.2, 0.25) is 0 Å². The van der Waals surface area contributed by atoms with Crippen molar-refractivity contribution in [3.63, 3.8) is 0 Å². The van der Waals surface area contributed by atoms with Gasteiger partial charge in [0.15, 0.2) is 0 Å². The molecule has 86 valence electrons. The van der Waals surface area contributed by atoms with Crippen LogP contribution in [0, 0.1) is 0 Å². The van der Waals surface area contributed by atoms with Gasteiger partial charge < -0.3 is 10.1 Å². The minimum atomic E-state index is -0.150. The molecule has 1 aromatic carbocycles. The molecule has 2 rings (SSSR count). The maximum Gasteiger partial charge on any atom is 0.306 e. The molecular formula is C13H17NO2. The maximum absolute atomic E-state index is 10.9. The summed E-state index contributed by atoms with van der Waals surface area (Å²) in [6.07, 6.45) is 2.58. The Morgan fingerprint density at radius 2 is 2.00 bits per heavy atom. The van der Waals surface area contributed by atoms with E-state index in [2.05, 4.69) is 34.3 Å². The lowest BCUT2D eigenvalue weighted by atomic mass is 10.1. The molecule has 1 aromatic rings.